The zero-order chi connectivity index (χ0) is 19.2. The zero-order valence-corrected chi connectivity index (χ0v) is 15.6. The molecule has 0 aliphatic heterocycles. The van der Waals surface area contributed by atoms with Gasteiger partial charge in [0, 0.05) is 35.4 Å². The number of hydrogen-bond donors (Lipinski definition) is 1. The molecule has 0 aliphatic rings. The number of aryl methyl sites for hydroxylation is 2. The summed E-state index contributed by atoms with van der Waals surface area (Å²) in [6.07, 6.45) is 7.80. The molecule has 0 saturated carbocycles. The van der Waals surface area contributed by atoms with Crippen LogP contribution in [0.4, 0.5) is 0 Å². The van der Waals surface area contributed by atoms with E-state index in [1.807, 2.05) is 43.3 Å². The second kappa shape index (κ2) is 8.33. The number of terminal acetylenes is 1. The summed E-state index contributed by atoms with van der Waals surface area (Å²) in [5.74, 6) is 2.71. The smallest absolute Gasteiger partial charge is 0.0878 e. The third-order valence-corrected chi connectivity index (χ3v) is 4.79. The second-order valence-corrected chi connectivity index (χ2v) is 6.61. The van der Waals surface area contributed by atoms with E-state index in [4.69, 9.17) is 6.42 Å². The molecule has 0 spiro atoms. The predicted octanol–water partition coefficient (Wildman–Crippen LogP) is 5.08. The first-order valence-corrected chi connectivity index (χ1v) is 8.88. The van der Waals surface area contributed by atoms with Gasteiger partial charge in [-0.3, -0.25) is 4.98 Å². The van der Waals surface area contributed by atoms with Crippen LogP contribution >= 0.6 is 0 Å². The lowest BCUT2D eigenvalue weighted by Gasteiger charge is -2.21. The lowest BCUT2D eigenvalue weighted by Crippen LogP contribution is -2.12. The number of rotatable bonds is 5. The fraction of sp³-hybridized carbons (Fsp3) is 0.167. The van der Waals surface area contributed by atoms with E-state index in [1.54, 1.807) is 6.20 Å². The van der Waals surface area contributed by atoms with Crippen LogP contribution in [0.2, 0.25) is 0 Å². The Morgan fingerprint density at radius 3 is 2.48 bits per heavy atom. The topological polar surface area (TPSA) is 45.5 Å². The van der Waals surface area contributed by atoms with Gasteiger partial charge >= 0.3 is 0 Å². The Hall–Kier alpha value is -3.38. The molecule has 0 bridgehead atoms. The van der Waals surface area contributed by atoms with Gasteiger partial charge in [-0.25, -0.2) is 0 Å². The lowest BCUT2D eigenvalue weighted by atomic mass is 9.83. The van der Waals surface area contributed by atoms with Crippen molar-refractivity contribution < 1.29 is 5.21 Å². The molecule has 0 saturated heterocycles. The van der Waals surface area contributed by atoms with E-state index >= 15 is 0 Å². The number of oxime groups is 1. The maximum absolute atomic E-state index is 9.71. The van der Waals surface area contributed by atoms with Crippen molar-refractivity contribution in [2.75, 3.05) is 0 Å². The molecule has 2 aromatic carbocycles. The van der Waals surface area contributed by atoms with Crippen molar-refractivity contribution >= 4 is 5.71 Å². The molecule has 0 aliphatic carbocycles. The van der Waals surface area contributed by atoms with Crippen molar-refractivity contribution in [2.45, 2.75) is 26.2 Å². The normalized spacial score (nSPS) is 12.4. The lowest BCUT2D eigenvalue weighted by molar-refractivity contribution is 0.317. The fourth-order valence-corrected chi connectivity index (χ4v) is 3.33. The average Bonchev–Trinajstić information content (AvgIpc) is 2.70. The highest BCUT2D eigenvalue weighted by Gasteiger charge is 2.20. The highest BCUT2D eigenvalue weighted by atomic mass is 16.4. The van der Waals surface area contributed by atoms with Crippen molar-refractivity contribution in [3.63, 3.8) is 0 Å². The number of benzene rings is 2. The quantitative estimate of drug-likeness (QED) is 0.300. The van der Waals surface area contributed by atoms with Gasteiger partial charge in [-0.1, -0.05) is 47.5 Å². The van der Waals surface area contributed by atoms with Gasteiger partial charge in [0.2, 0.25) is 0 Å². The first-order valence-electron chi connectivity index (χ1n) is 8.88. The molecule has 1 atom stereocenters. The van der Waals surface area contributed by atoms with E-state index in [1.165, 1.54) is 11.1 Å². The summed E-state index contributed by atoms with van der Waals surface area (Å²) in [7, 11) is 0. The summed E-state index contributed by atoms with van der Waals surface area (Å²) in [6, 6.07) is 20.1. The first kappa shape index (κ1) is 18.4. The molecule has 134 valence electrons. The van der Waals surface area contributed by atoms with Crippen molar-refractivity contribution in [2.24, 2.45) is 5.16 Å². The van der Waals surface area contributed by atoms with Crippen LogP contribution in [0.25, 0.3) is 0 Å². The number of pyridine rings is 1. The van der Waals surface area contributed by atoms with E-state index in [-0.39, 0.29) is 5.92 Å². The Labute approximate surface area is 160 Å². The SMILES string of the molecule is C#Cc1ccc(C(CC(=NO)c2ccnc(C)c2)c2ccccc2C)cc1. The second-order valence-electron chi connectivity index (χ2n) is 6.61. The van der Waals surface area contributed by atoms with Crippen LogP contribution in [-0.2, 0) is 0 Å². The van der Waals surface area contributed by atoms with Crippen LogP contribution < -0.4 is 0 Å². The highest BCUT2D eigenvalue weighted by molar-refractivity contribution is 6.00. The minimum Gasteiger partial charge on any atom is -0.411 e. The molecule has 1 unspecified atom stereocenters. The Morgan fingerprint density at radius 1 is 1.11 bits per heavy atom. The summed E-state index contributed by atoms with van der Waals surface area (Å²) < 4.78 is 0. The maximum atomic E-state index is 9.71. The standard InChI is InChI=1S/C24H22N2O/c1-4-19-9-11-20(12-10-19)23(22-8-6-5-7-17(22)2)16-24(26-27)21-13-14-25-18(3)15-21/h1,5-15,23,27H,16H2,2-3H3. The maximum Gasteiger partial charge on any atom is 0.0878 e. The highest BCUT2D eigenvalue weighted by Crippen LogP contribution is 2.32. The van der Waals surface area contributed by atoms with Gasteiger partial charge in [-0.2, -0.15) is 0 Å². The Balaban J connectivity index is 2.04. The zero-order valence-electron chi connectivity index (χ0n) is 15.6. The van der Waals surface area contributed by atoms with Crippen LogP contribution in [-0.4, -0.2) is 15.9 Å². The number of aromatic nitrogens is 1. The van der Waals surface area contributed by atoms with Crippen molar-refractivity contribution in [3.8, 4) is 12.3 Å². The summed E-state index contributed by atoms with van der Waals surface area (Å²) in [6.45, 7) is 4.03. The van der Waals surface area contributed by atoms with E-state index in [0.717, 1.165) is 22.4 Å². The predicted molar refractivity (Wildman–Crippen MR) is 109 cm³/mol. The van der Waals surface area contributed by atoms with Crippen LogP contribution in [0.15, 0.2) is 72.0 Å². The van der Waals surface area contributed by atoms with Crippen LogP contribution in [0, 0.1) is 26.2 Å². The van der Waals surface area contributed by atoms with Crippen molar-refractivity contribution in [1.29, 1.82) is 0 Å². The average molecular weight is 354 g/mol. The largest absolute Gasteiger partial charge is 0.411 e. The summed E-state index contributed by atoms with van der Waals surface area (Å²) in [4.78, 5) is 4.23. The molecular formula is C24H22N2O. The first-order chi connectivity index (χ1) is 13.1. The minimum atomic E-state index is 0.0531. The minimum absolute atomic E-state index is 0.0531. The van der Waals surface area contributed by atoms with E-state index in [0.29, 0.717) is 12.1 Å². The van der Waals surface area contributed by atoms with Crippen LogP contribution in [0.3, 0.4) is 0 Å². The third kappa shape index (κ3) is 4.24. The van der Waals surface area contributed by atoms with Gasteiger partial charge in [0.25, 0.3) is 0 Å². The summed E-state index contributed by atoms with van der Waals surface area (Å²) >= 11 is 0. The molecule has 3 rings (SSSR count). The third-order valence-electron chi connectivity index (χ3n) is 4.79. The van der Waals surface area contributed by atoms with E-state index in [2.05, 4.69) is 47.2 Å². The fourth-order valence-electron chi connectivity index (χ4n) is 3.33. The molecular weight excluding hydrogens is 332 g/mol. The molecule has 1 N–H and O–H groups in total. The summed E-state index contributed by atoms with van der Waals surface area (Å²) in [5, 5.41) is 13.3. The molecule has 3 aromatic rings. The van der Waals surface area contributed by atoms with Gasteiger partial charge in [0.1, 0.15) is 0 Å². The van der Waals surface area contributed by atoms with Crippen molar-refractivity contribution in [1.82, 2.24) is 4.98 Å². The number of hydrogen-bond acceptors (Lipinski definition) is 3. The molecule has 3 nitrogen and oxygen atoms in total. The Morgan fingerprint density at radius 2 is 1.85 bits per heavy atom. The van der Waals surface area contributed by atoms with Gasteiger partial charge in [0.15, 0.2) is 0 Å². The van der Waals surface area contributed by atoms with E-state index in [9.17, 15) is 5.21 Å². The molecule has 0 fully saturated rings. The van der Waals surface area contributed by atoms with Gasteiger partial charge in [0.05, 0.1) is 5.71 Å². The Bertz CT molecular complexity index is 997. The molecule has 0 radical (unpaired) electrons. The van der Waals surface area contributed by atoms with Gasteiger partial charge in [-0.15, -0.1) is 6.42 Å². The summed E-state index contributed by atoms with van der Waals surface area (Å²) in [5.41, 5.74) is 6.79. The van der Waals surface area contributed by atoms with Gasteiger partial charge < -0.3 is 5.21 Å². The monoisotopic (exact) mass is 354 g/mol. The Kier molecular flexibility index (Phi) is 5.68. The molecule has 27 heavy (non-hydrogen) atoms. The number of nitrogens with zero attached hydrogens (tertiary/aromatic N) is 2. The molecule has 3 heteroatoms. The van der Waals surface area contributed by atoms with Crippen molar-refractivity contribution in [3.05, 3.63) is 100 Å². The molecule has 0 amide bonds. The van der Waals surface area contributed by atoms with E-state index < -0.39 is 0 Å². The molecule has 1 heterocycles. The van der Waals surface area contributed by atoms with Crippen LogP contribution in [0.5, 0.6) is 0 Å². The van der Waals surface area contributed by atoms with Gasteiger partial charge in [-0.05, 0) is 54.8 Å². The molecule has 1 aromatic heterocycles. The van der Waals surface area contributed by atoms with Crippen LogP contribution in [0.1, 0.15) is 45.8 Å².